The van der Waals surface area contributed by atoms with Gasteiger partial charge in [0, 0.05) is 16.8 Å². The molecule has 0 aliphatic heterocycles. The topological polar surface area (TPSA) is 12.0 Å². The highest BCUT2D eigenvalue weighted by Crippen LogP contribution is 2.49. The number of nitrogens with one attached hydrogen (secondary N) is 1. The molecule has 84 valence electrons. The second kappa shape index (κ2) is 4.67. The predicted molar refractivity (Wildman–Crippen MR) is 67.6 cm³/mol. The van der Waals surface area contributed by atoms with Gasteiger partial charge in [-0.25, -0.2) is 0 Å². The maximum atomic E-state index is 3.60. The van der Waals surface area contributed by atoms with Crippen molar-refractivity contribution in [2.45, 2.75) is 38.5 Å². The highest BCUT2D eigenvalue weighted by Gasteiger charge is 2.45. The lowest BCUT2D eigenvalue weighted by Gasteiger charge is -2.48. The first-order chi connectivity index (χ1) is 7.29. The van der Waals surface area contributed by atoms with Gasteiger partial charge in [-0.05, 0) is 43.2 Å². The number of hydrogen-bond donors (Lipinski definition) is 1. The van der Waals surface area contributed by atoms with Crippen LogP contribution in [0.2, 0.25) is 0 Å². The van der Waals surface area contributed by atoms with E-state index in [1.807, 2.05) is 11.3 Å². The van der Waals surface area contributed by atoms with Gasteiger partial charge >= 0.3 is 0 Å². The Morgan fingerprint density at radius 3 is 2.93 bits per heavy atom. The SMILES string of the molecule is CCCNCC1(c2cccs2)CCC1C. The van der Waals surface area contributed by atoms with Crippen LogP contribution < -0.4 is 5.32 Å². The van der Waals surface area contributed by atoms with Crippen LogP contribution in [0.25, 0.3) is 0 Å². The van der Waals surface area contributed by atoms with E-state index in [1.165, 1.54) is 25.8 Å². The summed E-state index contributed by atoms with van der Waals surface area (Å²) in [5.74, 6) is 0.848. The third kappa shape index (κ3) is 1.98. The van der Waals surface area contributed by atoms with Gasteiger partial charge in [0.15, 0.2) is 0 Å². The third-order valence-corrected chi connectivity index (χ3v) is 4.94. The average Bonchev–Trinajstić information content (AvgIpc) is 2.76. The zero-order chi connectivity index (χ0) is 10.7. The van der Waals surface area contributed by atoms with Crippen LogP contribution in [0.15, 0.2) is 17.5 Å². The number of rotatable bonds is 5. The minimum absolute atomic E-state index is 0.462. The van der Waals surface area contributed by atoms with Gasteiger partial charge in [0.25, 0.3) is 0 Å². The Labute approximate surface area is 96.9 Å². The summed E-state index contributed by atoms with van der Waals surface area (Å²) >= 11 is 1.93. The quantitative estimate of drug-likeness (QED) is 0.754. The lowest BCUT2D eigenvalue weighted by atomic mass is 9.60. The Morgan fingerprint density at radius 1 is 1.60 bits per heavy atom. The molecule has 1 fully saturated rings. The van der Waals surface area contributed by atoms with Gasteiger partial charge in [0.2, 0.25) is 0 Å². The van der Waals surface area contributed by atoms with Gasteiger partial charge in [-0.15, -0.1) is 11.3 Å². The first-order valence-corrected chi connectivity index (χ1v) is 6.92. The second-order valence-electron chi connectivity index (χ2n) is 4.75. The smallest absolute Gasteiger partial charge is 0.0197 e. The Bertz CT molecular complexity index is 293. The normalized spacial score (nSPS) is 30.1. The summed E-state index contributed by atoms with van der Waals surface area (Å²) in [6, 6.07) is 4.50. The largest absolute Gasteiger partial charge is 0.316 e. The van der Waals surface area contributed by atoms with Gasteiger partial charge in [-0.3, -0.25) is 0 Å². The molecule has 1 aromatic rings. The summed E-state index contributed by atoms with van der Waals surface area (Å²) in [5.41, 5.74) is 0.462. The minimum Gasteiger partial charge on any atom is -0.316 e. The van der Waals surface area contributed by atoms with Crippen molar-refractivity contribution in [2.75, 3.05) is 13.1 Å². The lowest BCUT2D eigenvalue weighted by Crippen LogP contribution is -2.49. The van der Waals surface area contributed by atoms with Crippen molar-refractivity contribution >= 4 is 11.3 Å². The maximum Gasteiger partial charge on any atom is 0.0197 e. The Kier molecular flexibility index (Phi) is 3.47. The van der Waals surface area contributed by atoms with Crippen LogP contribution in [-0.2, 0) is 5.41 Å². The van der Waals surface area contributed by atoms with Crippen molar-refractivity contribution in [1.29, 1.82) is 0 Å². The van der Waals surface area contributed by atoms with Crippen LogP contribution in [0.4, 0.5) is 0 Å². The molecule has 2 atom stereocenters. The van der Waals surface area contributed by atoms with Crippen molar-refractivity contribution < 1.29 is 0 Å². The number of hydrogen-bond acceptors (Lipinski definition) is 2. The van der Waals surface area contributed by atoms with Crippen molar-refractivity contribution in [1.82, 2.24) is 5.32 Å². The van der Waals surface area contributed by atoms with Gasteiger partial charge in [-0.1, -0.05) is 19.9 Å². The monoisotopic (exact) mass is 223 g/mol. The molecule has 2 rings (SSSR count). The Balaban J connectivity index is 2.05. The molecule has 15 heavy (non-hydrogen) atoms. The molecular weight excluding hydrogens is 202 g/mol. The molecule has 1 aliphatic rings. The third-order valence-electron chi connectivity index (χ3n) is 3.85. The van der Waals surface area contributed by atoms with E-state index in [9.17, 15) is 0 Å². The molecular formula is C13H21NS. The summed E-state index contributed by atoms with van der Waals surface area (Å²) in [5, 5.41) is 5.81. The predicted octanol–water partition coefficient (Wildman–Crippen LogP) is 3.42. The average molecular weight is 223 g/mol. The molecule has 2 unspecified atom stereocenters. The molecule has 2 heteroatoms. The van der Waals surface area contributed by atoms with Crippen molar-refractivity contribution in [3.8, 4) is 0 Å². The fourth-order valence-electron chi connectivity index (χ4n) is 2.55. The second-order valence-corrected chi connectivity index (χ2v) is 5.70. The Morgan fingerprint density at radius 2 is 2.47 bits per heavy atom. The fraction of sp³-hybridized carbons (Fsp3) is 0.692. The first-order valence-electron chi connectivity index (χ1n) is 6.04. The lowest BCUT2D eigenvalue weighted by molar-refractivity contribution is 0.138. The Hall–Kier alpha value is -0.340. The van der Waals surface area contributed by atoms with Gasteiger partial charge in [-0.2, -0.15) is 0 Å². The first kappa shape index (κ1) is 11.2. The van der Waals surface area contributed by atoms with E-state index in [0.29, 0.717) is 5.41 Å². The molecule has 1 N–H and O–H groups in total. The molecule has 0 radical (unpaired) electrons. The molecule has 0 saturated heterocycles. The summed E-state index contributed by atoms with van der Waals surface area (Å²) in [4.78, 5) is 1.59. The van der Waals surface area contributed by atoms with Crippen LogP contribution in [0, 0.1) is 5.92 Å². The zero-order valence-corrected chi connectivity index (χ0v) is 10.6. The molecule has 1 saturated carbocycles. The van der Waals surface area contributed by atoms with Crippen LogP contribution in [0.1, 0.15) is 38.0 Å². The van der Waals surface area contributed by atoms with E-state index >= 15 is 0 Å². The van der Waals surface area contributed by atoms with E-state index in [2.05, 4.69) is 36.7 Å². The van der Waals surface area contributed by atoms with Gasteiger partial charge in [0.1, 0.15) is 0 Å². The zero-order valence-electron chi connectivity index (χ0n) is 9.75. The van der Waals surface area contributed by atoms with E-state index in [4.69, 9.17) is 0 Å². The summed E-state index contributed by atoms with van der Waals surface area (Å²) in [6.07, 6.45) is 3.99. The highest BCUT2D eigenvalue weighted by molar-refractivity contribution is 7.10. The van der Waals surface area contributed by atoms with Crippen LogP contribution in [0.3, 0.4) is 0 Å². The summed E-state index contributed by atoms with van der Waals surface area (Å²) < 4.78 is 0. The van der Waals surface area contributed by atoms with Crippen LogP contribution in [0.5, 0.6) is 0 Å². The molecule has 0 amide bonds. The molecule has 0 spiro atoms. The molecule has 1 heterocycles. The maximum absolute atomic E-state index is 3.60. The molecule has 0 bridgehead atoms. The minimum atomic E-state index is 0.462. The van der Waals surface area contributed by atoms with Crippen LogP contribution >= 0.6 is 11.3 Å². The van der Waals surface area contributed by atoms with E-state index in [0.717, 1.165) is 12.5 Å². The summed E-state index contributed by atoms with van der Waals surface area (Å²) in [7, 11) is 0. The van der Waals surface area contributed by atoms with Gasteiger partial charge < -0.3 is 5.32 Å². The number of thiophene rings is 1. The van der Waals surface area contributed by atoms with Crippen LogP contribution in [-0.4, -0.2) is 13.1 Å². The highest BCUT2D eigenvalue weighted by atomic mass is 32.1. The van der Waals surface area contributed by atoms with E-state index in [1.54, 1.807) is 4.88 Å². The standard InChI is InChI=1S/C13H21NS/c1-3-8-14-10-13(7-6-11(13)2)12-5-4-9-15-12/h4-5,9,11,14H,3,6-8,10H2,1-2H3. The molecule has 1 aromatic heterocycles. The van der Waals surface area contributed by atoms with E-state index < -0.39 is 0 Å². The molecule has 1 nitrogen and oxygen atoms in total. The van der Waals surface area contributed by atoms with Crippen molar-refractivity contribution in [3.63, 3.8) is 0 Å². The van der Waals surface area contributed by atoms with E-state index in [-0.39, 0.29) is 0 Å². The fourth-order valence-corrected chi connectivity index (χ4v) is 3.62. The van der Waals surface area contributed by atoms with Crippen molar-refractivity contribution in [3.05, 3.63) is 22.4 Å². The summed E-state index contributed by atoms with van der Waals surface area (Å²) in [6.45, 7) is 6.95. The van der Waals surface area contributed by atoms with Crippen molar-refractivity contribution in [2.24, 2.45) is 5.92 Å². The van der Waals surface area contributed by atoms with Gasteiger partial charge in [0.05, 0.1) is 0 Å². The molecule has 0 aromatic carbocycles. The molecule has 1 aliphatic carbocycles.